The van der Waals surface area contributed by atoms with E-state index >= 15 is 0 Å². The van der Waals surface area contributed by atoms with Gasteiger partial charge in [-0.1, -0.05) is 0 Å². The van der Waals surface area contributed by atoms with Crippen LogP contribution in [0.3, 0.4) is 0 Å². The largest absolute Gasteiger partial charge is 0.493 e. The summed E-state index contributed by atoms with van der Waals surface area (Å²) in [6.07, 6.45) is 1.69. The molecule has 1 heterocycles. The average molecular weight is 317 g/mol. The Morgan fingerprint density at radius 2 is 2.28 bits per heavy atom. The highest BCUT2D eigenvalue weighted by Crippen LogP contribution is 2.42. The summed E-state index contributed by atoms with van der Waals surface area (Å²) < 4.78 is 17.2. The maximum atomic E-state index is 9.32. The maximum Gasteiger partial charge on any atom is 0.140 e. The number of ether oxygens (including phenoxy) is 3. The summed E-state index contributed by atoms with van der Waals surface area (Å²) in [7, 11) is 1.68. The van der Waals surface area contributed by atoms with Gasteiger partial charge in [0.2, 0.25) is 0 Å². The number of benzene rings is 1. The van der Waals surface area contributed by atoms with E-state index < -0.39 is 0 Å². The summed E-state index contributed by atoms with van der Waals surface area (Å²) in [4.78, 5) is 0. The van der Waals surface area contributed by atoms with Crippen LogP contribution in [0.25, 0.3) is 0 Å². The maximum absolute atomic E-state index is 9.32. The van der Waals surface area contributed by atoms with Crippen LogP contribution in [0.2, 0.25) is 0 Å². The van der Waals surface area contributed by atoms with E-state index in [1.807, 2.05) is 6.07 Å². The predicted octanol–water partition coefficient (Wildman–Crippen LogP) is 2.29. The molecule has 1 aromatic rings. The van der Waals surface area contributed by atoms with E-state index in [0.717, 1.165) is 39.9 Å². The third kappa shape index (κ3) is 2.79. The number of hydrogen-bond donors (Lipinski definition) is 1. The Labute approximate surface area is 115 Å². The molecule has 0 atom stereocenters. The summed E-state index contributed by atoms with van der Waals surface area (Å²) in [5, 5.41) is 9.32. The molecule has 0 amide bonds. The first-order chi connectivity index (χ1) is 8.77. The van der Waals surface area contributed by atoms with Gasteiger partial charge in [-0.25, -0.2) is 0 Å². The summed E-state index contributed by atoms with van der Waals surface area (Å²) in [6.45, 7) is 1.91. The van der Waals surface area contributed by atoms with E-state index in [0.29, 0.717) is 19.8 Å². The SMILES string of the molecule is COCCCOc1cc(CO)c(Br)c2c1CCO2. The average Bonchev–Trinajstić information content (AvgIpc) is 2.87. The Bertz CT molecular complexity index is 420. The normalized spacial score (nSPS) is 13.3. The fourth-order valence-electron chi connectivity index (χ4n) is 1.97. The van der Waals surface area contributed by atoms with Crippen LogP contribution in [0.1, 0.15) is 17.5 Å². The van der Waals surface area contributed by atoms with Gasteiger partial charge in [-0.15, -0.1) is 0 Å². The minimum atomic E-state index is -0.0361. The molecule has 0 spiro atoms. The quantitative estimate of drug-likeness (QED) is 0.818. The molecular weight excluding hydrogens is 300 g/mol. The number of hydrogen-bond acceptors (Lipinski definition) is 4. The second kappa shape index (κ2) is 6.41. The van der Waals surface area contributed by atoms with Crippen LogP contribution < -0.4 is 9.47 Å². The zero-order chi connectivity index (χ0) is 13.0. The molecule has 1 aliphatic rings. The van der Waals surface area contributed by atoms with E-state index in [-0.39, 0.29) is 6.61 Å². The Morgan fingerprint density at radius 1 is 1.44 bits per heavy atom. The van der Waals surface area contributed by atoms with Crippen LogP contribution in [0, 0.1) is 0 Å². The van der Waals surface area contributed by atoms with Gasteiger partial charge in [0.1, 0.15) is 11.5 Å². The van der Waals surface area contributed by atoms with Gasteiger partial charge < -0.3 is 19.3 Å². The van der Waals surface area contributed by atoms with Crippen molar-refractivity contribution in [2.45, 2.75) is 19.4 Å². The first-order valence-corrected chi connectivity index (χ1v) is 6.77. The van der Waals surface area contributed by atoms with E-state index in [1.54, 1.807) is 7.11 Å². The van der Waals surface area contributed by atoms with Crippen molar-refractivity contribution in [2.75, 3.05) is 26.9 Å². The fourth-order valence-corrected chi connectivity index (χ4v) is 2.56. The zero-order valence-corrected chi connectivity index (χ0v) is 12.0. The summed E-state index contributed by atoms with van der Waals surface area (Å²) in [5.74, 6) is 1.62. The molecular formula is C13H17BrO4. The molecule has 1 aliphatic heterocycles. The molecule has 2 rings (SSSR count). The van der Waals surface area contributed by atoms with E-state index in [1.165, 1.54) is 0 Å². The number of methoxy groups -OCH3 is 1. The highest BCUT2D eigenvalue weighted by atomic mass is 79.9. The third-order valence-corrected chi connectivity index (χ3v) is 3.75. The molecule has 0 aliphatic carbocycles. The second-order valence-corrected chi connectivity index (χ2v) is 4.90. The standard InChI is InChI=1S/C13H17BrO4/c1-16-4-2-5-17-11-7-9(8-15)12(14)13-10(11)3-6-18-13/h7,15H,2-6,8H2,1H3. The number of rotatable bonds is 6. The van der Waals surface area contributed by atoms with Gasteiger partial charge in [-0.05, 0) is 27.6 Å². The number of aliphatic hydroxyl groups is 1. The highest BCUT2D eigenvalue weighted by molar-refractivity contribution is 9.10. The topological polar surface area (TPSA) is 47.9 Å². The molecule has 100 valence electrons. The summed E-state index contributed by atoms with van der Waals surface area (Å²) in [6, 6.07) is 1.88. The molecule has 0 unspecified atom stereocenters. The molecule has 4 nitrogen and oxygen atoms in total. The van der Waals surface area contributed by atoms with E-state index in [4.69, 9.17) is 14.2 Å². The number of fused-ring (bicyclic) bond motifs is 1. The second-order valence-electron chi connectivity index (χ2n) is 4.11. The summed E-state index contributed by atoms with van der Waals surface area (Å²) >= 11 is 3.46. The lowest BCUT2D eigenvalue weighted by molar-refractivity contribution is 0.171. The van der Waals surface area contributed by atoms with Crippen molar-refractivity contribution in [3.8, 4) is 11.5 Å². The van der Waals surface area contributed by atoms with Gasteiger partial charge in [0, 0.05) is 32.1 Å². The van der Waals surface area contributed by atoms with Gasteiger partial charge in [0.05, 0.1) is 24.3 Å². The van der Waals surface area contributed by atoms with Crippen molar-refractivity contribution in [2.24, 2.45) is 0 Å². The molecule has 0 bridgehead atoms. The van der Waals surface area contributed by atoms with Crippen LogP contribution in [-0.4, -0.2) is 32.0 Å². The van der Waals surface area contributed by atoms with Crippen LogP contribution in [0.5, 0.6) is 11.5 Å². The number of aliphatic hydroxyl groups excluding tert-OH is 1. The van der Waals surface area contributed by atoms with Crippen molar-refractivity contribution in [3.05, 3.63) is 21.7 Å². The van der Waals surface area contributed by atoms with Crippen LogP contribution in [0.4, 0.5) is 0 Å². The first-order valence-electron chi connectivity index (χ1n) is 5.97. The van der Waals surface area contributed by atoms with Gasteiger partial charge in [0.15, 0.2) is 0 Å². The van der Waals surface area contributed by atoms with Crippen LogP contribution >= 0.6 is 15.9 Å². The predicted molar refractivity (Wildman–Crippen MR) is 71.3 cm³/mol. The lowest BCUT2D eigenvalue weighted by Crippen LogP contribution is -2.04. The third-order valence-electron chi connectivity index (χ3n) is 2.88. The lowest BCUT2D eigenvalue weighted by Gasteiger charge is -2.13. The van der Waals surface area contributed by atoms with Gasteiger partial charge in [0.25, 0.3) is 0 Å². The minimum Gasteiger partial charge on any atom is -0.493 e. The Balaban J connectivity index is 2.16. The number of halogens is 1. The summed E-state index contributed by atoms with van der Waals surface area (Å²) in [5.41, 5.74) is 1.87. The van der Waals surface area contributed by atoms with Crippen LogP contribution in [0.15, 0.2) is 10.5 Å². The first kappa shape index (κ1) is 13.6. The Hall–Kier alpha value is -0.780. The van der Waals surface area contributed by atoms with Crippen molar-refractivity contribution >= 4 is 15.9 Å². The van der Waals surface area contributed by atoms with Crippen molar-refractivity contribution in [3.63, 3.8) is 0 Å². The van der Waals surface area contributed by atoms with E-state index in [2.05, 4.69) is 15.9 Å². The molecule has 5 heteroatoms. The Kier molecular flexibility index (Phi) is 4.86. The van der Waals surface area contributed by atoms with Gasteiger partial charge >= 0.3 is 0 Å². The molecule has 0 saturated carbocycles. The zero-order valence-electron chi connectivity index (χ0n) is 10.4. The highest BCUT2D eigenvalue weighted by Gasteiger charge is 2.23. The monoisotopic (exact) mass is 316 g/mol. The molecule has 0 radical (unpaired) electrons. The molecule has 0 saturated heterocycles. The van der Waals surface area contributed by atoms with Crippen molar-refractivity contribution < 1.29 is 19.3 Å². The molecule has 18 heavy (non-hydrogen) atoms. The van der Waals surface area contributed by atoms with Crippen molar-refractivity contribution in [1.29, 1.82) is 0 Å². The van der Waals surface area contributed by atoms with Gasteiger partial charge in [-0.3, -0.25) is 0 Å². The molecule has 0 aromatic heterocycles. The molecule has 1 N–H and O–H groups in total. The van der Waals surface area contributed by atoms with Crippen molar-refractivity contribution in [1.82, 2.24) is 0 Å². The Morgan fingerprint density at radius 3 is 3.00 bits per heavy atom. The van der Waals surface area contributed by atoms with Crippen LogP contribution in [-0.2, 0) is 17.8 Å². The fraction of sp³-hybridized carbons (Fsp3) is 0.538. The minimum absolute atomic E-state index is 0.0361. The lowest BCUT2D eigenvalue weighted by atomic mass is 10.1. The van der Waals surface area contributed by atoms with E-state index in [9.17, 15) is 5.11 Å². The molecule has 0 fully saturated rings. The smallest absolute Gasteiger partial charge is 0.140 e. The molecule has 1 aromatic carbocycles. The van der Waals surface area contributed by atoms with Gasteiger partial charge in [-0.2, -0.15) is 0 Å².